The SMILES string of the molecule is CCOC(CNc1ccc2c(c1)[C@]1(C)CCN(CC3CC3)[C@H](C2)[C@@H]1C)OCC. The number of rotatable bonds is 9. The number of hydrogen-bond acceptors (Lipinski definition) is 4. The van der Waals surface area contributed by atoms with Crippen molar-refractivity contribution in [3.05, 3.63) is 29.3 Å². The van der Waals surface area contributed by atoms with Gasteiger partial charge in [0.2, 0.25) is 0 Å². The van der Waals surface area contributed by atoms with Crippen LogP contribution in [0.4, 0.5) is 5.69 Å². The highest BCUT2D eigenvalue weighted by atomic mass is 16.7. The lowest BCUT2D eigenvalue weighted by atomic mass is 9.59. The van der Waals surface area contributed by atoms with E-state index >= 15 is 0 Å². The van der Waals surface area contributed by atoms with Gasteiger partial charge < -0.3 is 14.8 Å². The average molecular weight is 387 g/mol. The molecule has 0 amide bonds. The summed E-state index contributed by atoms with van der Waals surface area (Å²) in [7, 11) is 0. The summed E-state index contributed by atoms with van der Waals surface area (Å²) in [5.74, 6) is 1.69. The van der Waals surface area contributed by atoms with E-state index in [1.807, 2.05) is 13.8 Å². The number of ether oxygens (including phenoxy) is 2. The van der Waals surface area contributed by atoms with E-state index in [0.29, 0.717) is 31.7 Å². The zero-order valence-electron chi connectivity index (χ0n) is 18.2. The molecule has 28 heavy (non-hydrogen) atoms. The second-order valence-electron chi connectivity index (χ2n) is 9.26. The van der Waals surface area contributed by atoms with Crippen LogP contribution in [0.1, 0.15) is 58.1 Å². The predicted molar refractivity (Wildman–Crippen MR) is 115 cm³/mol. The summed E-state index contributed by atoms with van der Waals surface area (Å²) < 4.78 is 11.4. The fourth-order valence-corrected chi connectivity index (χ4v) is 5.42. The fourth-order valence-electron chi connectivity index (χ4n) is 5.42. The van der Waals surface area contributed by atoms with Crippen LogP contribution >= 0.6 is 0 Å². The monoisotopic (exact) mass is 386 g/mol. The van der Waals surface area contributed by atoms with Gasteiger partial charge in [0.05, 0.1) is 6.54 Å². The molecule has 156 valence electrons. The second kappa shape index (κ2) is 8.33. The number of anilines is 1. The standard InChI is InChI=1S/C24H38N2O2/c1-5-27-23(28-6-2)15-25-20-10-9-19-13-22-17(3)24(4,21(19)14-20)11-12-26(22)16-18-7-8-18/h9-10,14,17-18,22-23,25H,5-8,11-13,15-16H2,1-4H3/t17-,22+,24+/m0/s1. The minimum Gasteiger partial charge on any atom is -0.380 e. The van der Waals surface area contributed by atoms with Crippen LogP contribution in [0.2, 0.25) is 0 Å². The van der Waals surface area contributed by atoms with Gasteiger partial charge in [0.1, 0.15) is 0 Å². The molecule has 4 heteroatoms. The molecule has 1 aliphatic heterocycles. The zero-order chi connectivity index (χ0) is 19.7. The van der Waals surface area contributed by atoms with Crippen LogP contribution in [0.15, 0.2) is 18.2 Å². The predicted octanol–water partition coefficient (Wildman–Crippen LogP) is 4.43. The van der Waals surface area contributed by atoms with E-state index in [1.165, 1.54) is 44.5 Å². The van der Waals surface area contributed by atoms with Gasteiger partial charge in [-0.05, 0) is 86.6 Å². The van der Waals surface area contributed by atoms with Crippen LogP contribution in [0.5, 0.6) is 0 Å². The lowest BCUT2D eigenvalue weighted by Gasteiger charge is -2.55. The van der Waals surface area contributed by atoms with Crippen LogP contribution in [0, 0.1) is 11.8 Å². The lowest BCUT2D eigenvalue weighted by molar-refractivity contribution is -0.126. The number of hydrogen-bond donors (Lipinski definition) is 1. The van der Waals surface area contributed by atoms with Gasteiger partial charge in [-0.15, -0.1) is 0 Å². The first-order valence-corrected chi connectivity index (χ1v) is 11.4. The van der Waals surface area contributed by atoms with Crippen molar-refractivity contribution in [3.63, 3.8) is 0 Å². The number of nitrogens with one attached hydrogen (secondary N) is 1. The molecule has 4 rings (SSSR count). The first-order chi connectivity index (χ1) is 13.5. The highest BCUT2D eigenvalue weighted by Crippen LogP contribution is 2.49. The van der Waals surface area contributed by atoms with Crippen molar-refractivity contribution in [3.8, 4) is 0 Å². The van der Waals surface area contributed by atoms with E-state index < -0.39 is 0 Å². The van der Waals surface area contributed by atoms with Gasteiger partial charge in [-0.3, -0.25) is 4.90 Å². The topological polar surface area (TPSA) is 33.7 Å². The molecule has 3 aliphatic rings. The molecule has 1 saturated heterocycles. The molecule has 2 aliphatic carbocycles. The molecule has 4 nitrogen and oxygen atoms in total. The van der Waals surface area contributed by atoms with Crippen molar-refractivity contribution in [1.29, 1.82) is 0 Å². The summed E-state index contributed by atoms with van der Waals surface area (Å²) in [6, 6.07) is 7.74. The largest absolute Gasteiger partial charge is 0.380 e. The Labute approximate surface area is 171 Å². The molecular weight excluding hydrogens is 348 g/mol. The molecule has 1 N–H and O–H groups in total. The summed E-state index contributed by atoms with van der Waals surface area (Å²) in [6.45, 7) is 13.6. The fraction of sp³-hybridized carbons (Fsp3) is 0.750. The third-order valence-electron chi connectivity index (χ3n) is 7.49. The van der Waals surface area contributed by atoms with Gasteiger partial charge in [-0.2, -0.15) is 0 Å². The summed E-state index contributed by atoms with van der Waals surface area (Å²) in [5.41, 5.74) is 4.60. The Hall–Kier alpha value is -1.10. The van der Waals surface area contributed by atoms with Gasteiger partial charge in [-0.1, -0.05) is 19.9 Å². The van der Waals surface area contributed by atoms with Gasteiger partial charge in [-0.25, -0.2) is 0 Å². The molecule has 0 spiro atoms. The third kappa shape index (κ3) is 3.96. The second-order valence-corrected chi connectivity index (χ2v) is 9.26. The van der Waals surface area contributed by atoms with Crippen molar-refractivity contribution < 1.29 is 9.47 Å². The summed E-state index contributed by atoms with van der Waals surface area (Å²) in [5, 5.41) is 3.55. The van der Waals surface area contributed by atoms with Crippen molar-refractivity contribution >= 4 is 5.69 Å². The molecule has 1 saturated carbocycles. The number of fused-ring (bicyclic) bond motifs is 4. The first-order valence-electron chi connectivity index (χ1n) is 11.4. The molecule has 0 aromatic heterocycles. The van der Waals surface area contributed by atoms with E-state index in [-0.39, 0.29) is 11.7 Å². The van der Waals surface area contributed by atoms with Crippen LogP contribution in [-0.2, 0) is 21.3 Å². The smallest absolute Gasteiger partial charge is 0.174 e. The van der Waals surface area contributed by atoms with E-state index in [1.54, 1.807) is 11.1 Å². The molecule has 0 radical (unpaired) electrons. The van der Waals surface area contributed by atoms with Gasteiger partial charge >= 0.3 is 0 Å². The third-order valence-corrected chi connectivity index (χ3v) is 7.49. The average Bonchev–Trinajstić information content (AvgIpc) is 3.50. The maximum atomic E-state index is 5.68. The Morgan fingerprint density at radius 2 is 1.96 bits per heavy atom. The Bertz CT molecular complexity index is 669. The highest BCUT2D eigenvalue weighted by Gasteiger charge is 2.49. The van der Waals surface area contributed by atoms with Crippen LogP contribution in [-0.4, -0.2) is 50.1 Å². The molecule has 1 aromatic carbocycles. The Morgan fingerprint density at radius 1 is 1.21 bits per heavy atom. The summed E-state index contributed by atoms with van der Waals surface area (Å²) in [6.07, 6.45) is 5.19. The number of likely N-dealkylation sites (tertiary alicyclic amines) is 1. The number of benzene rings is 1. The molecule has 1 aromatic rings. The molecule has 0 unspecified atom stereocenters. The van der Waals surface area contributed by atoms with Crippen molar-refractivity contribution in [2.24, 2.45) is 11.8 Å². The highest BCUT2D eigenvalue weighted by molar-refractivity contribution is 5.53. The van der Waals surface area contributed by atoms with Crippen molar-refractivity contribution in [1.82, 2.24) is 4.90 Å². The molecular formula is C24H38N2O2. The molecule has 2 bridgehead atoms. The van der Waals surface area contributed by atoms with Crippen molar-refractivity contribution in [2.75, 3.05) is 38.2 Å². The lowest BCUT2D eigenvalue weighted by Crippen LogP contribution is -2.58. The number of nitrogens with zero attached hydrogens (tertiary/aromatic N) is 1. The summed E-state index contributed by atoms with van der Waals surface area (Å²) in [4.78, 5) is 2.81. The zero-order valence-corrected chi connectivity index (χ0v) is 18.2. The summed E-state index contributed by atoms with van der Waals surface area (Å²) >= 11 is 0. The van der Waals surface area contributed by atoms with E-state index in [9.17, 15) is 0 Å². The van der Waals surface area contributed by atoms with E-state index in [0.717, 1.165) is 5.92 Å². The van der Waals surface area contributed by atoms with Crippen LogP contribution < -0.4 is 5.32 Å². The van der Waals surface area contributed by atoms with E-state index in [4.69, 9.17) is 9.47 Å². The number of piperidine rings is 1. The normalized spacial score (nSPS) is 29.8. The Kier molecular flexibility index (Phi) is 6.01. The van der Waals surface area contributed by atoms with Gasteiger partial charge in [0.15, 0.2) is 6.29 Å². The minimum atomic E-state index is -0.185. The van der Waals surface area contributed by atoms with Gasteiger partial charge in [0.25, 0.3) is 0 Å². The minimum absolute atomic E-state index is 0.185. The molecule has 1 heterocycles. The van der Waals surface area contributed by atoms with Crippen LogP contribution in [0.3, 0.4) is 0 Å². The van der Waals surface area contributed by atoms with Crippen LogP contribution in [0.25, 0.3) is 0 Å². The maximum absolute atomic E-state index is 5.68. The molecule has 3 atom stereocenters. The quantitative estimate of drug-likeness (QED) is 0.637. The Balaban J connectivity index is 1.49. The maximum Gasteiger partial charge on any atom is 0.174 e. The van der Waals surface area contributed by atoms with E-state index in [2.05, 4.69) is 42.3 Å². The molecule has 2 fully saturated rings. The Morgan fingerprint density at radius 3 is 2.64 bits per heavy atom. The first kappa shape index (κ1) is 20.2. The van der Waals surface area contributed by atoms with Gasteiger partial charge in [0, 0.05) is 31.5 Å². The van der Waals surface area contributed by atoms with Crippen molar-refractivity contribution in [2.45, 2.75) is 71.1 Å².